The van der Waals surface area contributed by atoms with E-state index >= 15 is 0 Å². The van der Waals surface area contributed by atoms with E-state index in [9.17, 15) is 14.4 Å². The van der Waals surface area contributed by atoms with Gasteiger partial charge in [0, 0.05) is 11.0 Å². The number of aryl methyl sites for hydroxylation is 1. The first-order valence-electron chi connectivity index (χ1n) is 12.0. The molecule has 32 heavy (non-hydrogen) atoms. The van der Waals surface area contributed by atoms with Crippen molar-refractivity contribution in [1.82, 2.24) is 5.32 Å². The van der Waals surface area contributed by atoms with Crippen LogP contribution in [0, 0.1) is 23.2 Å². The zero-order chi connectivity index (χ0) is 22.7. The number of esters is 1. The summed E-state index contributed by atoms with van der Waals surface area (Å²) in [5.41, 5.74) is 1.39. The summed E-state index contributed by atoms with van der Waals surface area (Å²) in [5, 5.41) is 3.05. The van der Waals surface area contributed by atoms with Gasteiger partial charge in [0.1, 0.15) is 6.04 Å². The zero-order valence-corrected chi connectivity index (χ0v) is 20.0. The fourth-order valence-corrected chi connectivity index (χ4v) is 6.90. The van der Waals surface area contributed by atoms with Crippen molar-refractivity contribution in [2.45, 2.75) is 64.3 Å². The number of thioether (sulfide) groups is 1. The molecule has 0 aromatic heterocycles. The van der Waals surface area contributed by atoms with Gasteiger partial charge < -0.3 is 10.1 Å². The Bertz CT molecular complexity index is 815. The van der Waals surface area contributed by atoms with Crippen molar-refractivity contribution in [2.75, 3.05) is 18.6 Å². The SMILES string of the molecule is CCc1ccc(C(=O)COC(=O)[C@H](CCSC)NC(=O)C23CC4CC(CC(C4)C2)C3)cc1. The third-order valence-electron chi connectivity index (χ3n) is 7.75. The lowest BCUT2D eigenvalue weighted by Crippen LogP contribution is -2.56. The highest BCUT2D eigenvalue weighted by molar-refractivity contribution is 7.98. The highest BCUT2D eigenvalue weighted by Gasteiger charge is 2.55. The number of benzene rings is 1. The smallest absolute Gasteiger partial charge is 0.329 e. The van der Waals surface area contributed by atoms with E-state index in [1.54, 1.807) is 23.9 Å². The maximum atomic E-state index is 13.4. The van der Waals surface area contributed by atoms with Crippen LogP contribution in [0.5, 0.6) is 0 Å². The number of hydrogen-bond acceptors (Lipinski definition) is 5. The minimum atomic E-state index is -0.696. The predicted molar refractivity (Wildman–Crippen MR) is 127 cm³/mol. The maximum Gasteiger partial charge on any atom is 0.329 e. The Kier molecular flexibility index (Phi) is 7.28. The molecule has 1 aromatic rings. The molecule has 4 aliphatic carbocycles. The second kappa shape index (κ2) is 9.98. The molecule has 5 rings (SSSR count). The number of carbonyl (C=O) groups excluding carboxylic acids is 3. The highest BCUT2D eigenvalue weighted by atomic mass is 32.2. The number of amides is 1. The van der Waals surface area contributed by atoms with Crippen LogP contribution in [0.25, 0.3) is 0 Å². The molecule has 0 spiro atoms. The third-order valence-corrected chi connectivity index (χ3v) is 8.39. The van der Waals surface area contributed by atoms with E-state index in [0.29, 0.717) is 29.7 Å². The lowest BCUT2D eigenvalue weighted by Gasteiger charge is -2.55. The van der Waals surface area contributed by atoms with Gasteiger partial charge in [0.2, 0.25) is 5.91 Å². The molecule has 1 atom stereocenters. The van der Waals surface area contributed by atoms with Gasteiger partial charge in [-0.3, -0.25) is 9.59 Å². The van der Waals surface area contributed by atoms with E-state index in [2.05, 4.69) is 12.2 Å². The van der Waals surface area contributed by atoms with E-state index in [1.165, 1.54) is 19.3 Å². The number of nitrogens with one attached hydrogen (secondary N) is 1. The van der Waals surface area contributed by atoms with Crippen molar-refractivity contribution >= 4 is 29.4 Å². The molecule has 1 N–H and O–H groups in total. The molecule has 1 aromatic carbocycles. The Morgan fingerprint density at radius 3 is 2.19 bits per heavy atom. The summed E-state index contributed by atoms with van der Waals surface area (Å²) >= 11 is 1.63. The Balaban J connectivity index is 1.36. The van der Waals surface area contributed by atoms with Crippen molar-refractivity contribution in [3.8, 4) is 0 Å². The standard InChI is InChI=1S/C26H35NO4S/c1-3-17-4-6-21(7-5-17)23(28)16-31-24(29)22(8-9-32-2)27-25(30)26-13-18-10-19(14-26)12-20(11-18)15-26/h4-7,18-20,22H,3,8-16H2,1-2H3,(H,27,30)/t18?,19?,20?,22-,26?/m0/s1. The highest BCUT2D eigenvalue weighted by Crippen LogP contribution is 2.60. The summed E-state index contributed by atoms with van der Waals surface area (Å²) in [6, 6.07) is 6.69. The molecule has 4 fully saturated rings. The minimum Gasteiger partial charge on any atom is -0.456 e. The molecule has 1 amide bonds. The topological polar surface area (TPSA) is 72.5 Å². The normalized spacial score (nSPS) is 28.9. The molecule has 0 aliphatic heterocycles. The van der Waals surface area contributed by atoms with Crippen LogP contribution < -0.4 is 5.32 Å². The van der Waals surface area contributed by atoms with Crippen molar-refractivity contribution < 1.29 is 19.1 Å². The molecular formula is C26H35NO4S. The van der Waals surface area contributed by atoms with Gasteiger partial charge in [-0.2, -0.15) is 11.8 Å². The van der Waals surface area contributed by atoms with Gasteiger partial charge in [-0.15, -0.1) is 0 Å². The monoisotopic (exact) mass is 457 g/mol. The lowest BCUT2D eigenvalue weighted by molar-refractivity contribution is -0.153. The van der Waals surface area contributed by atoms with Gasteiger partial charge in [-0.05, 0) is 86.7 Å². The first-order chi connectivity index (χ1) is 15.4. The molecule has 4 saturated carbocycles. The van der Waals surface area contributed by atoms with Crippen LogP contribution in [0.15, 0.2) is 24.3 Å². The predicted octanol–water partition coefficient (Wildman–Crippen LogP) is 4.43. The van der Waals surface area contributed by atoms with Gasteiger partial charge in [-0.1, -0.05) is 31.2 Å². The van der Waals surface area contributed by atoms with Crippen LogP contribution in [-0.4, -0.2) is 42.3 Å². The number of ketones is 1. The Morgan fingerprint density at radius 1 is 1.06 bits per heavy atom. The van der Waals surface area contributed by atoms with Crippen LogP contribution in [-0.2, 0) is 20.7 Å². The van der Waals surface area contributed by atoms with Gasteiger partial charge >= 0.3 is 5.97 Å². The molecule has 6 heteroatoms. The number of ether oxygens (including phenoxy) is 1. The fourth-order valence-electron chi connectivity index (χ4n) is 6.43. The van der Waals surface area contributed by atoms with Crippen LogP contribution in [0.3, 0.4) is 0 Å². The number of Topliss-reactive ketones (excluding diaryl/α,β-unsaturated/α-hetero) is 1. The Hall–Kier alpha value is -1.82. The molecule has 5 nitrogen and oxygen atoms in total. The Labute approximate surface area is 195 Å². The van der Waals surface area contributed by atoms with Crippen molar-refractivity contribution in [3.05, 3.63) is 35.4 Å². The van der Waals surface area contributed by atoms with Crippen molar-refractivity contribution in [2.24, 2.45) is 23.2 Å². The summed E-state index contributed by atoms with van der Waals surface area (Å²) in [6.45, 7) is 1.76. The molecule has 4 bridgehead atoms. The fraction of sp³-hybridized carbons (Fsp3) is 0.654. The number of carbonyl (C=O) groups is 3. The van der Waals surface area contributed by atoms with Crippen LogP contribution in [0.4, 0.5) is 0 Å². The molecule has 4 aliphatic rings. The molecule has 174 valence electrons. The van der Waals surface area contributed by atoms with E-state index in [4.69, 9.17) is 4.74 Å². The molecule has 0 saturated heterocycles. The quantitative estimate of drug-likeness (QED) is 0.416. The molecule has 0 radical (unpaired) electrons. The maximum absolute atomic E-state index is 13.4. The summed E-state index contributed by atoms with van der Waals surface area (Å²) in [4.78, 5) is 38.7. The number of hydrogen-bond donors (Lipinski definition) is 1. The van der Waals surface area contributed by atoms with E-state index < -0.39 is 12.0 Å². The van der Waals surface area contributed by atoms with Gasteiger partial charge in [-0.25, -0.2) is 4.79 Å². The lowest BCUT2D eigenvalue weighted by atomic mass is 9.49. The average Bonchev–Trinajstić information content (AvgIpc) is 2.79. The summed E-state index contributed by atoms with van der Waals surface area (Å²) in [6.07, 6.45) is 10.1. The number of rotatable bonds is 10. The van der Waals surface area contributed by atoms with Gasteiger partial charge in [0.05, 0.1) is 0 Å². The third kappa shape index (κ3) is 5.05. The minimum absolute atomic E-state index is 0.0288. The van der Waals surface area contributed by atoms with Crippen LogP contribution >= 0.6 is 11.8 Å². The summed E-state index contributed by atoms with van der Waals surface area (Å²) in [7, 11) is 0. The van der Waals surface area contributed by atoms with Crippen molar-refractivity contribution in [3.63, 3.8) is 0 Å². The molecular weight excluding hydrogens is 422 g/mol. The average molecular weight is 458 g/mol. The summed E-state index contributed by atoms with van der Waals surface area (Å²) in [5.74, 6) is 2.04. The van der Waals surface area contributed by atoms with Crippen LogP contribution in [0.1, 0.15) is 67.8 Å². The van der Waals surface area contributed by atoms with Crippen LogP contribution in [0.2, 0.25) is 0 Å². The first kappa shape index (κ1) is 23.3. The first-order valence-corrected chi connectivity index (χ1v) is 13.4. The molecule has 0 unspecified atom stereocenters. The van der Waals surface area contributed by atoms with Gasteiger partial charge in [0.25, 0.3) is 0 Å². The Morgan fingerprint density at radius 2 is 1.66 bits per heavy atom. The van der Waals surface area contributed by atoms with E-state index in [-0.39, 0.29) is 23.7 Å². The molecule has 0 heterocycles. The zero-order valence-electron chi connectivity index (χ0n) is 19.2. The second-order valence-electron chi connectivity index (χ2n) is 10.1. The van der Waals surface area contributed by atoms with E-state index in [1.807, 2.05) is 18.4 Å². The summed E-state index contributed by atoms with van der Waals surface area (Å²) < 4.78 is 5.38. The van der Waals surface area contributed by atoms with Crippen molar-refractivity contribution in [1.29, 1.82) is 0 Å². The largest absolute Gasteiger partial charge is 0.456 e. The second-order valence-corrected chi connectivity index (χ2v) is 11.1. The van der Waals surface area contributed by atoms with Gasteiger partial charge in [0.15, 0.2) is 12.4 Å². The van der Waals surface area contributed by atoms with E-state index in [0.717, 1.165) is 37.0 Å².